The molecule has 0 radical (unpaired) electrons. The molecule has 0 aliphatic heterocycles. The number of hydrogen-bond acceptors (Lipinski definition) is 5. The SMILES string of the molecule is CC(C)Cc1cc(C(C(=O)N(C)S(C)(=O)=O)c2ccccc2)ccc1OCc1ccc2ccccc2n1. The van der Waals surface area contributed by atoms with Crippen LogP contribution in [0.4, 0.5) is 0 Å². The summed E-state index contributed by atoms with van der Waals surface area (Å²) in [6.07, 6.45) is 1.78. The zero-order valence-corrected chi connectivity index (χ0v) is 22.4. The van der Waals surface area contributed by atoms with Crippen LogP contribution < -0.4 is 4.74 Å². The number of amides is 1. The fourth-order valence-electron chi connectivity index (χ4n) is 4.33. The largest absolute Gasteiger partial charge is 0.487 e. The lowest BCUT2D eigenvalue weighted by molar-refractivity contribution is -0.126. The van der Waals surface area contributed by atoms with Crippen molar-refractivity contribution in [1.82, 2.24) is 9.29 Å². The third-order valence-corrected chi connectivity index (χ3v) is 7.44. The highest BCUT2D eigenvalue weighted by Gasteiger charge is 2.30. The van der Waals surface area contributed by atoms with E-state index in [0.29, 0.717) is 12.5 Å². The van der Waals surface area contributed by atoms with Gasteiger partial charge in [-0.3, -0.25) is 4.79 Å². The number of aromatic nitrogens is 1. The van der Waals surface area contributed by atoms with Crippen LogP contribution in [0.25, 0.3) is 10.9 Å². The Hall–Kier alpha value is -3.71. The maximum absolute atomic E-state index is 13.4. The number of carbonyl (C=O) groups excluding carboxylic acids is 1. The Kier molecular flexibility index (Phi) is 7.93. The molecule has 3 aromatic carbocycles. The zero-order chi connectivity index (χ0) is 26.6. The minimum atomic E-state index is -3.70. The summed E-state index contributed by atoms with van der Waals surface area (Å²) in [5.41, 5.74) is 4.15. The van der Waals surface area contributed by atoms with Gasteiger partial charge in [0.1, 0.15) is 12.4 Å². The van der Waals surface area contributed by atoms with Crippen LogP contribution in [0.3, 0.4) is 0 Å². The molecule has 0 aliphatic carbocycles. The lowest BCUT2D eigenvalue weighted by atomic mass is 9.88. The first-order chi connectivity index (χ1) is 17.6. The molecule has 7 heteroatoms. The highest BCUT2D eigenvalue weighted by atomic mass is 32.2. The summed E-state index contributed by atoms with van der Waals surface area (Å²) in [5.74, 6) is -0.189. The molecule has 37 heavy (non-hydrogen) atoms. The van der Waals surface area contributed by atoms with Crippen molar-refractivity contribution in [3.63, 3.8) is 0 Å². The molecule has 0 aliphatic rings. The quantitative estimate of drug-likeness (QED) is 0.291. The topological polar surface area (TPSA) is 76.6 Å². The van der Waals surface area contributed by atoms with Crippen LogP contribution in [-0.4, -0.2) is 36.9 Å². The van der Waals surface area contributed by atoms with E-state index >= 15 is 0 Å². The number of nitrogens with zero attached hydrogens (tertiary/aromatic N) is 2. The number of ether oxygens (including phenoxy) is 1. The van der Waals surface area contributed by atoms with E-state index < -0.39 is 21.8 Å². The number of pyridine rings is 1. The second-order valence-corrected chi connectivity index (χ2v) is 11.7. The van der Waals surface area contributed by atoms with Crippen molar-refractivity contribution in [3.05, 3.63) is 107 Å². The summed E-state index contributed by atoms with van der Waals surface area (Å²) in [5, 5.41) is 1.08. The first-order valence-corrected chi connectivity index (χ1v) is 14.1. The van der Waals surface area contributed by atoms with E-state index in [-0.39, 0.29) is 0 Å². The first kappa shape index (κ1) is 26.4. The second kappa shape index (κ2) is 11.1. The number of carbonyl (C=O) groups is 1. The van der Waals surface area contributed by atoms with E-state index in [1.807, 2.05) is 84.9 Å². The van der Waals surface area contributed by atoms with Crippen LogP contribution in [-0.2, 0) is 27.8 Å². The molecule has 4 rings (SSSR count). The number of hydrogen-bond donors (Lipinski definition) is 0. The molecular formula is C30H32N2O4S. The number of fused-ring (bicyclic) bond motifs is 1. The Morgan fingerprint density at radius 2 is 1.62 bits per heavy atom. The molecule has 1 amide bonds. The molecule has 0 saturated heterocycles. The Balaban J connectivity index is 1.68. The molecule has 0 spiro atoms. The van der Waals surface area contributed by atoms with E-state index in [4.69, 9.17) is 9.72 Å². The van der Waals surface area contributed by atoms with Gasteiger partial charge in [-0.1, -0.05) is 80.6 Å². The van der Waals surface area contributed by atoms with E-state index in [2.05, 4.69) is 13.8 Å². The van der Waals surface area contributed by atoms with E-state index in [1.165, 1.54) is 7.05 Å². The van der Waals surface area contributed by atoms with Crippen molar-refractivity contribution in [3.8, 4) is 5.75 Å². The van der Waals surface area contributed by atoms with Crippen LogP contribution in [0.2, 0.25) is 0 Å². The van der Waals surface area contributed by atoms with Crippen LogP contribution in [0.15, 0.2) is 84.9 Å². The fraction of sp³-hybridized carbons (Fsp3) is 0.267. The lowest BCUT2D eigenvalue weighted by Crippen LogP contribution is -2.36. The molecular weight excluding hydrogens is 484 g/mol. The van der Waals surface area contributed by atoms with Gasteiger partial charge in [0.05, 0.1) is 23.4 Å². The molecule has 1 aromatic heterocycles. The summed E-state index contributed by atoms with van der Waals surface area (Å²) >= 11 is 0. The summed E-state index contributed by atoms with van der Waals surface area (Å²) in [7, 11) is -2.40. The number of rotatable bonds is 9. The van der Waals surface area contributed by atoms with Crippen LogP contribution in [0.5, 0.6) is 5.75 Å². The Labute approximate surface area is 219 Å². The highest BCUT2D eigenvalue weighted by Crippen LogP contribution is 2.32. The maximum Gasteiger partial charge on any atom is 0.247 e. The van der Waals surface area contributed by atoms with Crippen LogP contribution >= 0.6 is 0 Å². The first-order valence-electron chi connectivity index (χ1n) is 12.3. The molecule has 6 nitrogen and oxygen atoms in total. The summed E-state index contributed by atoms with van der Waals surface area (Å²) < 4.78 is 31.4. The van der Waals surface area contributed by atoms with Crippen molar-refractivity contribution < 1.29 is 17.9 Å². The molecule has 0 saturated carbocycles. The third-order valence-electron chi connectivity index (χ3n) is 6.27. The summed E-state index contributed by atoms with van der Waals surface area (Å²) in [6.45, 7) is 4.56. The molecule has 0 fully saturated rings. The summed E-state index contributed by atoms with van der Waals surface area (Å²) in [6, 6.07) is 26.9. The number of benzene rings is 3. The van der Waals surface area contributed by atoms with Gasteiger partial charge >= 0.3 is 0 Å². The van der Waals surface area contributed by atoms with Crippen molar-refractivity contribution in [2.24, 2.45) is 5.92 Å². The van der Waals surface area contributed by atoms with Gasteiger partial charge in [0.25, 0.3) is 0 Å². The maximum atomic E-state index is 13.4. The van der Waals surface area contributed by atoms with Crippen molar-refractivity contribution in [2.75, 3.05) is 13.3 Å². The van der Waals surface area contributed by atoms with Gasteiger partial charge in [0, 0.05) is 12.4 Å². The van der Waals surface area contributed by atoms with Gasteiger partial charge in [0.2, 0.25) is 15.9 Å². The molecule has 1 unspecified atom stereocenters. The van der Waals surface area contributed by atoms with Crippen LogP contribution in [0.1, 0.15) is 42.1 Å². The highest BCUT2D eigenvalue weighted by molar-refractivity contribution is 7.88. The van der Waals surface area contributed by atoms with E-state index in [0.717, 1.165) is 56.0 Å². The number of sulfonamides is 1. The minimum Gasteiger partial charge on any atom is -0.487 e. The Bertz CT molecular complexity index is 1500. The predicted molar refractivity (Wildman–Crippen MR) is 147 cm³/mol. The fourth-order valence-corrected chi connectivity index (χ4v) is 4.76. The predicted octanol–water partition coefficient (Wildman–Crippen LogP) is 5.56. The monoisotopic (exact) mass is 516 g/mol. The number of para-hydroxylation sites is 1. The molecule has 192 valence electrons. The average molecular weight is 517 g/mol. The van der Waals surface area contributed by atoms with Gasteiger partial charge in [0.15, 0.2) is 0 Å². The smallest absolute Gasteiger partial charge is 0.247 e. The minimum absolute atomic E-state index is 0.313. The van der Waals surface area contributed by atoms with Gasteiger partial charge in [-0.15, -0.1) is 0 Å². The Morgan fingerprint density at radius 1 is 0.919 bits per heavy atom. The van der Waals surface area contributed by atoms with Crippen molar-refractivity contribution in [1.29, 1.82) is 0 Å². The standard InChI is InChI=1S/C30H32N2O4S/c1-21(2)18-25-19-24(29(23-11-6-5-7-12-23)30(33)32(3)37(4,34)35)15-17-28(25)36-20-26-16-14-22-10-8-9-13-27(22)31-26/h5-17,19,21,29H,18,20H2,1-4H3. The molecule has 1 atom stereocenters. The van der Waals surface area contributed by atoms with Gasteiger partial charge in [-0.25, -0.2) is 17.7 Å². The third kappa shape index (κ3) is 6.35. The summed E-state index contributed by atoms with van der Waals surface area (Å²) in [4.78, 5) is 18.1. The second-order valence-electron chi connectivity index (χ2n) is 9.66. The van der Waals surface area contributed by atoms with Gasteiger partial charge in [-0.2, -0.15) is 0 Å². The zero-order valence-electron chi connectivity index (χ0n) is 21.6. The van der Waals surface area contributed by atoms with Gasteiger partial charge in [-0.05, 0) is 47.2 Å². The number of likely N-dealkylation sites (N-methyl/N-ethyl adjacent to an activating group) is 1. The normalized spacial score (nSPS) is 12.5. The van der Waals surface area contributed by atoms with Crippen molar-refractivity contribution in [2.45, 2.75) is 32.8 Å². The van der Waals surface area contributed by atoms with Gasteiger partial charge < -0.3 is 4.74 Å². The molecule has 4 aromatic rings. The molecule has 0 bridgehead atoms. The van der Waals surface area contributed by atoms with Crippen LogP contribution in [0, 0.1) is 5.92 Å². The average Bonchev–Trinajstić information content (AvgIpc) is 2.87. The van der Waals surface area contributed by atoms with E-state index in [9.17, 15) is 13.2 Å². The van der Waals surface area contributed by atoms with E-state index in [1.54, 1.807) is 0 Å². The Morgan fingerprint density at radius 3 is 2.32 bits per heavy atom. The lowest BCUT2D eigenvalue weighted by Gasteiger charge is -2.24. The van der Waals surface area contributed by atoms with Crippen molar-refractivity contribution >= 4 is 26.8 Å². The molecule has 0 N–H and O–H groups in total. The molecule has 1 heterocycles.